The third-order valence-electron chi connectivity index (χ3n) is 3.29. The fraction of sp³-hybridized carbons (Fsp3) is 0.0714. The minimum Gasteiger partial charge on any atom is -0.839 e. The largest absolute Gasteiger partial charge is 0.839 e. The van der Waals surface area contributed by atoms with Crippen molar-refractivity contribution in [2.24, 2.45) is 0 Å². The van der Waals surface area contributed by atoms with E-state index in [4.69, 9.17) is 0 Å². The molecule has 4 rings (SSSR count). The van der Waals surface area contributed by atoms with E-state index in [1.165, 1.54) is 0 Å². The van der Waals surface area contributed by atoms with E-state index >= 15 is 0 Å². The summed E-state index contributed by atoms with van der Waals surface area (Å²) in [7, 11) is 0. The molecule has 1 aliphatic rings. The average Bonchev–Trinajstić information content (AvgIpc) is 2.69. The number of hydrogen-bond donors (Lipinski definition) is 0. The van der Waals surface area contributed by atoms with E-state index < -0.39 is 0 Å². The van der Waals surface area contributed by atoms with Gasteiger partial charge in [-0.15, -0.1) is 0 Å². The van der Waals surface area contributed by atoms with Crippen LogP contribution in [-0.4, -0.2) is 4.57 Å². The summed E-state index contributed by atoms with van der Waals surface area (Å²) in [6.45, 7) is 2.04. The Morgan fingerprint density at radius 2 is 2.00 bits per heavy atom. The Hall–Kier alpha value is -1.94. The average molecular weight is 254 g/mol. The fourth-order valence-electron chi connectivity index (χ4n) is 2.52. The second-order valence-electron chi connectivity index (χ2n) is 4.43. The lowest BCUT2D eigenvalue weighted by molar-refractivity contribution is -0.515. The SMILES string of the molecule is Cc1cccc2c1-n1c([O-])c[n+]3cccc(c13)S2. The molecule has 0 radical (unpaired) electrons. The number of para-hydroxylation sites is 1. The lowest BCUT2D eigenvalue weighted by Gasteiger charge is -2.16. The molecular weight excluding hydrogens is 244 g/mol. The van der Waals surface area contributed by atoms with E-state index in [1.54, 1.807) is 18.0 Å². The first-order valence-electron chi connectivity index (χ1n) is 5.76. The van der Waals surface area contributed by atoms with E-state index in [2.05, 4.69) is 12.1 Å². The van der Waals surface area contributed by atoms with Crippen LogP contribution in [-0.2, 0) is 0 Å². The number of pyridine rings is 1. The summed E-state index contributed by atoms with van der Waals surface area (Å²) in [4.78, 5) is 2.27. The van der Waals surface area contributed by atoms with E-state index in [1.807, 2.05) is 40.3 Å². The van der Waals surface area contributed by atoms with Crippen LogP contribution in [0.15, 0.2) is 52.5 Å². The molecule has 3 heterocycles. The van der Waals surface area contributed by atoms with Gasteiger partial charge in [-0.3, -0.25) is 0 Å². The van der Waals surface area contributed by atoms with Crippen LogP contribution in [0.3, 0.4) is 0 Å². The fourth-order valence-corrected chi connectivity index (χ4v) is 3.69. The highest BCUT2D eigenvalue weighted by Gasteiger charge is 2.27. The van der Waals surface area contributed by atoms with Crippen LogP contribution >= 0.6 is 11.8 Å². The molecule has 3 aromatic rings. The van der Waals surface area contributed by atoms with E-state index in [0.29, 0.717) is 0 Å². The van der Waals surface area contributed by atoms with Gasteiger partial charge in [-0.05, 0) is 30.7 Å². The first-order valence-corrected chi connectivity index (χ1v) is 6.58. The van der Waals surface area contributed by atoms with Crippen molar-refractivity contribution in [2.45, 2.75) is 16.7 Å². The van der Waals surface area contributed by atoms with Crippen molar-refractivity contribution >= 4 is 17.4 Å². The van der Waals surface area contributed by atoms with Crippen molar-refractivity contribution in [3.63, 3.8) is 0 Å². The van der Waals surface area contributed by atoms with Gasteiger partial charge >= 0.3 is 5.65 Å². The minimum absolute atomic E-state index is 0.0262. The third kappa shape index (κ3) is 1.13. The van der Waals surface area contributed by atoms with Crippen molar-refractivity contribution in [1.29, 1.82) is 0 Å². The zero-order valence-corrected chi connectivity index (χ0v) is 10.6. The number of aryl methyl sites for hydroxylation is 1. The first kappa shape index (κ1) is 10.0. The Balaban J connectivity index is 2.24. The van der Waals surface area contributed by atoms with Gasteiger partial charge in [0.2, 0.25) is 0 Å². The maximum absolute atomic E-state index is 12.2. The van der Waals surface area contributed by atoms with Gasteiger partial charge in [0.15, 0.2) is 0 Å². The summed E-state index contributed by atoms with van der Waals surface area (Å²) >= 11 is 1.72. The van der Waals surface area contributed by atoms with Crippen LogP contribution in [0.1, 0.15) is 5.56 Å². The standard InChI is InChI=1S/C14H10N2OS/c1-9-4-2-5-10-13(9)16-12(17)8-15-7-3-6-11(18-10)14(15)16/h2-8H,1H3. The second-order valence-corrected chi connectivity index (χ2v) is 5.51. The maximum atomic E-state index is 12.2. The molecule has 4 heteroatoms. The highest BCUT2D eigenvalue weighted by Crippen LogP contribution is 2.42. The monoisotopic (exact) mass is 254 g/mol. The summed E-state index contributed by atoms with van der Waals surface area (Å²) < 4.78 is 3.72. The molecule has 2 aromatic heterocycles. The Bertz CT molecular complexity index is 792. The summed E-state index contributed by atoms with van der Waals surface area (Å²) in [6.07, 6.45) is 3.56. The smallest absolute Gasteiger partial charge is 0.305 e. The molecule has 3 nitrogen and oxygen atoms in total. The predicted molar refractivity (Wildman–Crippen MR) is 67.2 cm³/mol. The molecule has 18 heavy (non-hydrogen) atoms. The Morgan fingerprint density at radius 1 is 1.17 bits per heavy atom. The number of imidazole rings is 1. The molecule has 1 aliphatic heterocycles. The summed E-state index contributed by atoms with van der Waals surface area (Å²) in [5.41, 5.74) is 3.12. The van der Waals surface area contributed by atoms with Crippen LogP contribution in [0.25, 0.3) is 11.3 Å². The number of aromatic nitrogens is 2. The molecule has 0 aliphatic carbocycles. The third-order valence-corrected chi connectivity index (χ3v) is 4.37. The van der Waals surface area contributed by atoms with Crippen molar-refractivity contribution < 1.29 is 9.51 Å². The van der Waals surface area contributed by atoms with E-state index in [-0.39, 0.29) is 5.88 Å². The van der Waals surface area contributed by atoms with Crippen LogP contribution in [0, 0.1) is 6.92 Å². The van der Waals surface area contributed by atoms with Crippen molar-refractivity contribution in [3.05, 3.63) is 48.3 Å². The van der Waals surface area contributed by atoms with Crippen LogP contribution in [0.5, 0.6) is 5.88 Å². The topological polar surface area (TPSA) is 32.1 Å². The zero-order chi connectivity index (χ0) is 12.3. The van der Waals surface area contributed by atoms with E-state index in [0.717, 1.165) is 26.7 Å². The molecule has 0 atom stereocenters. The minimum atomic E-state index is 0.0262. The van der Waals surface area contributed by atoms with Gasteiger partial charge in [-0.25, -0.2) is 4.40 Å². The second kappa shape index (κ2) is 3.29. The highest BCUT2D eigenvalue weighted by molar-refractivity contribution is 7.99. The molecule has 0 spiro atoms. The van der Waals surface area contributed by atoms with Gasteiger partial charge in [-0.1, -0.05) is 23.9 Å². The maximum Gasteiger partial charge on any atom is 0.305 e. The summed E-state index contributed by atoms with van der Waals surface area (Å²) in [5.74, 6) is 0.0262. The van der Waals surface area contributed by atoms with Gasteiger partial charge in [0.05, 0.1) is 11.1 Å². The molecule has 0 saturated carbocycles. The molecule has 0 saturated heterocycles. The van der Waals surface area contributed by atoms with Gasteiger partial charge in [0.1, 0.15) is 22.7 Å². The van der Waals surface area contributed by atoms with Crippen molar-refractivity contribution in [1.82, 2.24) is 4.57 Å². The van der Waals surface area contributed by atoms with Gasteiger partial charge < -0.3 is 5.11 Å². The lowest BCUT2D eigenvalue weighted by atomic mass is 10.2. The Kier molecular flexibility index (Phi) is 1.84. The van der Waals surface area contributed by atoms with Gasteiger partial charge in [-0.2, -0.15) is 4.57 Å². The van der Waals surface area contributed by atoms with Crippen molar-refractivity contribution in [3.8, 4) is 11.6 Å². The van der Waals surface area contributed by atoms with Crippen LogP contribution in [0.2, 0.25) is 0 Å². The predicted octanol–water partition coefficient (Wildman–Crippen LogP) is 2.06. The number of hydrogen-bond acceptors (Lipinski definition) is 2. The summed E-state index contributed by atoms with van der Waals surface area (Å²) in [6, 6.07) is 10.2. The molecule has 0 fully saturated rings. The molecule has 88 valence electrons. The lowest BCUT2D eigenvalue weighted by Crippen LogP contribution is -2.20. The number of fused-ring (bicyclic) bond motifs is 2. The Labute approximate surface area is 108 Å². The zero-order valence-electron chi connectivity index (χ0n) is 9.75. The molecule has 0 bridgehead atoms. The normalized spacial score (nSPS) is 12.7. The highest BCUT2D eigenvalue weighted by atomic mass is 32.2. The number of rotatable bonds is 0. The van der Waals surface area contributed by atoms with Crippen LogP contribution < -0.4 is 9.51 Å². The number of benzene rings is 1. The Morgan fingerprint density at radius 3 is 2.89 bits per heavy atom. The molecular formula is C14H10N2OS. The van der Waals surface area contributed by atoms with Crippen LogP contribution in [0.4, 0.5) is 0 Å². The first-order chi connectivity index (χ1) is 8.75. The summed E-state index contributed by atoms with van der Waals surface area (Å²) in [5, 5.41) is 12.2. The molecule has 0 amide bonds. The van der Waals surface area contributed by atoms with Gasteiger partial charge in [0.25, 0.3) is 0 Å². The molecule has 1 aromatic carbocycles. The molecule has 0 unspecified atom stereocenters. The van der Waals surface area contributed by atoms with Gasteiger partial charge in [0, 0.05) is 0 Å². The number of nitrogens with zero attached hydrogens (tertiary/aromatic N) is 2. The van der Waals surface area contributed by atoms with E-state index in [9.17, 15) is 5.11 Å². The molecule has 0 N–H and O–H groups in total. The quantitative estimate of drug-likeness (QED) is 0.450. The van der Waals surface area contributed by atoms with Crippen molar-refractivity contribution in [2.75, 3.05) is 0 Å².